The zero-order valence-corrected chi connectivity index (χ0v) is 9.31. The summed E-state index contributed by atoms with van der Waals surface area (Å²) in [4.78, 5) is 11.7. The maximum atomic E-state index is 11.7. The van der Waals surface area contributed by atoms with Crippen molar-refractivity contribution in [3.63, 3.8) is 0 Å². The van der Waals surface area contributed by atoms with E-state index < -0.39 is 5.97 Å². The van der Waals surface area contributed by atoms with Crippen LogP contribution in [0.4, 0.5) is 5.69 Å². The molecule has 0 spiro atoms. The lowest BCUT2D eigenvalue weighted by Gasteiger charge is -1.99. The van der Waals surface area contributed by atoms with Gasteiger partial charge in [-0.1, -0.05) is 0 Å². The van der Waals surface area contributed by atoms with Crippen molar-refractivity contribution < 1.29 is 13.9 Å². The molecule has 1 heterocycles. The van der Waals surface area contributed by atoms with Gasteiger partial charge in [-0.15, -0.1) is 0 Å². The van der Waals surface area contributed by atoms with E-state index in [0.717, 1.165) is 18.2 Å². The molecule has 1 aliphatic carbocycles. The molecule has 4 nitrogen and oxygen atoms in total. The monoisotopic (exact) mass is 231 g/mol. The highest BCUT2D eigenvalue weighted by atomic mass is 16.5. The van der Waals surface area contributed by atoms with Crippen molar-refractivity contribution >= 4 is 22.6 Å². The molecule has 0 atom stereocenters. The Labute approximate surface area is 98.3 Å². The van der Waals surface area contributed by atoms with Gasteiger partial charge in [0.25, 0.3) is 0 Å². The predicted molar refractivity (Wildman–Crippen MR) is 63.6 cm³/mol. The molecule has 1 aliphatic rings. The quantitative estimate of drug-likeness (QED) is 0.651. The molecule has 17 heavy (non-hydrogen) atoms. The van der Waals surface area contributed by atoms with Crippen LogP contribution in [0, 0.1) is 5.92 Å². The molecular formula is C13H13NO3. The zero-order valence-electron chi connectivity index (χ0n) is 9.31. The topological polar surface area (TPSA) is 65.5 Å². The molecule has 1 saturated carbocycles. The van der Waals surface area contributed by atoms with E-state index in [9.17, 15) is 4.79 Å². The molecule has 0 unspecified atom stereocenters. The van der Waals surface area contributed by atoms with E-state index in [2.05, 4.69) is 0 Å². The standard InChI is InChI=1S/C13H13NO3/c14-10-3-4-11-9(5-10)6-12(17-11)13(15)16-7-8-1-2-8/h3-6,8H,1-2,7,14H2. The second-order valence-corrected chi connectivity index (χ2v) is 4.45. The first kappa shape index (κ1) is 10.2. The van der Waals surface area contributed by atoms with Crippen molar-refractivity contribution in [3.05, 3.63) is 30.0 Å². The zero-order chi connectivity index (χ0) is 11.8. The van der Waals surface area contributed by atoms with Crippen LogP contribution in [0.15, 0.2) is 28.7 Å². The molecule has 0 amide bonds. The maximum absolute atomic E-state index is 11.7. The Morgan fingerprint density at radius 1 is 1.41 bits per heavy atom. The number of ether oxygens (including phenoxy) is 1. The summed E-state index contributed by atoms with van der Waals surface area (Å²) < 4.78 is 10.6. The van der Waals surface area contributed by atoms with Gasteiger partial charge in [-0.05, 0) is 43.0 Å². The van der Waals surface area contributed by atoms with Gasteiger partial charge < -0.3 is 14.9 Å². The number of benzene rings is 1. The number of rotatable bonds is 3. The smallest absolute Gasteiger partial charge is 0.374 e. The summed E-state index contributed by atoms with van der Waals surface area (Å²) in [7, 11) is 0. The van der Waals surface area contributed by atoms with Gasteiger partial charge in [0.2, 0.25) is 5.76 Å². The van der Waals surface area contributed by atoms with Gasteiger partial charge in [-0.3, -0.25) is 0 Å². The minimum atomic E-state index is -0.397. The highest BCUT2D eigenvalue weighted by Gasteiger charge is 2.24. The lowest BCUT2D eigenvalue weighted by molar-refractivity contribution is 0.0452. The van der Waals surface area contributed by atoms with Crippen LogP contribution in [0.5, 0.6) is 0 Å². The highest BCUT2D eigenvalue weighted by molar-refractivity contribution is 5.93. The van der Waals surface area contributed by atoms with Crippen LogP contribution < -0.4 is 5.73 Å². The molecule has 0 saturated heterocycles. The SMILES string of the molecule is Nc1ccc2oc(C(=O)OCC3CC3)cc2c1. The summed E-state index contributed by atoms with van der Waals surface area (Å²) >= 11 is 0. The van der Waals surface area contributed by atoms with Gasteiger partial charge in [-0.2, -0.15) is 0 Å². The number of esters is 1. The fourth-order valence-electron chi connectivity index (χ4n) is 1.71. The van der Waals surface area contributed by atoms with Crippen molar-refractivity contribution in [1.29, 1.82) is 0 Å². The summed E-state index contributed by atoms with van der Waals surface area (Å²) in [5.74, 6) is 0.400. The number of fused-ring (bicyclic) bond motifs is 1. The van der Waals surface area contributed by atoms with Crippen LogP contribution in [-0.4, -0.2) is 12.6 Å². The maximum Gasteiger partial charge on any atom is 0.374 e. The first-order valence-corrected chi connectivity index (χ1v) is 5.68. The minimum absolute atomic E-state index is 0.242. The molecule has 1 aromatic carbocycles. The van der Waals surface area contributed by atoms with Crippen LogP contribution in [0.1, 0.15) is 23.4 Å². The summed E-state index contributed by atoms with van der Waals surface area (Å²) in [5, 5.41) is 0.823. The number of carbonyl (C=O) groups is 1. The van der Waals surface area contributed by atoms with Gasteiger partial charge >= 0.3 is 5.97 Å². The van der Waals surface area contributed by atoms with Crippen LogP contribution in [-0.2, 0) is 4.74 Å². The Morgan fingerprint density at radius 2 is 2.24 bits per heavy atom. The Morgan fingerprint density at radius 3 is 3.00 bits per heavy atom. The van der Waals surface area contributed by atoms with Crippen LogP contribution in [0.3, 0.4) is 0 Å². The van der Waals surface area contributed by atoms with Gasteiger partial charge in [0.1, 0.15) is 5.58 Å². The lowest BCUT2D eigenvalue weighted by atomic mass is 10.2. The second kappa shape index (κ2) is 3.80. The van der Waals surface area contributed by atoms with E-state index >= 15 is 0 Å². The van der Waals surface area contributed by atoms with Crippen LogP contribution in [0.2, 0.25) is 0 Å². The first-order valence-electron chi connectivity index (χ1n) is 5.68. The molecule has 0 aliphatic heterocycles. The van der Waals surface area contributed by atoms with E-state index in [-0.39, 0.29) is 5.76 Å². The largest absolute Gasteiger partial charge is 0.460 e. The fourth-order valence-corrected chi connectivity index (χ4v) is 1.71. The average molecular weight is 231 g/mol. The second-order valence-electron chi connectivity index (χ2n) is 4.45. The number of carbonyl (C=O) groups excluding carboxylic acids is 1. The number of furan rings is 1. The van der Waals surface area contributed by atoms with E-state index in [0.29, 0.717) is 23.8 Å². The normalized spacial score (nSPS) is 15.1. The summed E-state index contributed by atoms with van der Waals surface area (Å²) in [6, 6.07) is 6.94. The van der Waals surface area contributed by atoms with E-state index in [1.807, 2.05) is 0 Å². The summed E-state index contributed by atoms with van der Waals surface area (Å²) in [6.45, 7) is 0.498. The third-order valence-corrected chi connectivity index (χ3v) is 2.89. The molecule has 2 N–H and O–H groups in total. The predicted octanol–water partition coefficient (Wildman–Crippen LogP) is 2.58. The minimum Gasteiger partial charge on any atom is -0.460 e. The van der Waals surface area contributed by atoms with Crippen molar-refractivity contribution in [2.75, 3.05) is 12.3 Å². The van der Waals surface area contributed by atoms with Gasteiger partial charge in [0.15, 0.2) is 0 Å². The van der Waals surface area contributed by atoms with Crippen LogP contribution >= 0.6 is 0 Å². The third kappa shape index (κ3) is 2.11. The molecule has 2 aromatic rings. The van der Waals surface area contributed by atoms with Crippen molar-refractivity contribution in [3.8, 4) is 0 Å². The van der Waals surface area contributed by atoms with Crippen LogP contribution in [0.25, 0.3) is 11.0 Å². The number of anilines is 1. The summed E-state index contributed by atoms with van der Waals surface area (Å²) in [6.07, 6.45) is 2.31. The van der Waals surface area contributed by atoms with Gasteiger partial charge in [-0.25, -0.2) is 4.79 Å². The number of hydrogen-bond donors (Lipinski definition) is 1. The average Bonchev–Trinajstić information content (AvgIpc) is 3.04. The lowest BCUT2D eigenvalue weighted by Crippen LogP contribution is -2.06. The Hall–Kier alpha value is -1.97. The summed E-state index contributed by atoms with van der Waals surface area (Å²) in [5.41, 5.74) is 6.96. The molecule has 1 fully saturated rings. The first-order chi connectivity index (χ1) is 8.22. The van der Waals surface area contributed by atoms with Gasteiger partial charge in [0.05, 0.1) is 6.61 Å². The molecule has 3 rings (SSSR count). The van der Waals surface area contributed by atoms with E-state index in [4.69, 9.17) is 14.9 Å². The fraction of sp³-hybridized carbons (Fsp3) is 0.308. The molecule has 88 valence electrons. The number of nitrogen functional groups attached to an aromatic ring is 1. The van der Waals surface area contributed by atoms with E-state index in [1.165, 1.54) is 0 Å². The van der Waals surface area contributed by atoms with Crippen molar-refractivity contribution in [1.82, 2.24) is 0 Å². The van der Waals surface area contributed by atoms with Crippen molar-refractivity contribution in [2.45, 2.75) is 12.8 Å². The van der Waals surface area contributed by atoms with E-state index in [1.54, 1.807) is 24.3 Å². The van der Waals surface area contributed by atoms with Crippen molar-refractivity contribution in [2.24, 2.45) is 5.92 Å². The Balaban J connectivity index is 1.81. The molecule has 1 aromatic heterocycles. The molecule has 0 radical (unpaired) electrons. The third-order valence-electron chi connectivity index (χ3n) is 2.89. The Bertz CT molecular complexity index is 569. The number of hydrogen-bond acceptors (Lipinski definition) is 4. The highest BCUT2D eigenvalue weighted by Crippen LogP contribution is 2.29. The van der Waals surface area contributed by atoms with Gasteiger partial charge in [0, 0.05) is 11.1 Å². The molecular weight excluding hydrogens is 218 g/mol. The molecule has 0 bridgehead atoms. The number of nitrogens with two attached hydrogens (primary N) is 1. The Kier molecular flexibility index (Phi) is 2.28. The molecule has 4 heteroatoms.